The Labute approximate surface area is 130 Å². The van der Waals surface area contributed by atoms with Crippen molar-refractivity contribution in [3.05, 3.63) is 46.2 Å². The van der Waals surface area contributed by atoms with Crippen molar-refractivity contribution >= 4 is 34.2 Å². The maximum Gasteiger partial charge on any atom is 0.292 e. The fourth-order valence-electron chi connectivity index (χ4n) is 1.63. The van der Waals surface area contributed by atoms with Gasteiger partial charge >= 0.3 is 0 Å². The van der Waals surface area contributed by atoms with Gasteiger partial charge in [-0.25, -0.2) is 0 Å². The quantitative estimate of drug-likeness (QED) is 0.377. The van der Waals surface area contributed by atoms with Crippen LogP contribution in [0.25, 0.3) is 0 Å². The summed E-state index contributed by atoms with van der Waals surface area (Å²) < 4.78 is 0. The third-order valence-corrected chi connectivity index (χ3v) is 3.55. The minimum atomic E-state index is -0.729. The van der Waals surface area contributed by atoms with Gasteiger partial charge in [-0.1, -0.05) is 23.9 Å². The molecule has 0 aliphatic carbocycles. The molecule has 1 amide bonds. The second-order valence-electron chi connectivity index (χ2n) is 4.08. The average Bonchev–Trinajstić information content (AvgIpc) is 3.01. The maximum absolute atomic E-state index is 12.0. The predicted octanol–water partition coefficient (Wildman–Crippen LogP) is 1.63. The van der Waals surface area contributed by atoms with Gasteiger partial charge in [0.2, 0.25) is 0 Å². The molecular weight excluding hydrogens is 306 g/mol. The Bertz CT molecular complexity index is 708. The zero-order valence-electron chi connectivity index (χ0n) is 11.3. The molecule has 8 nitrogen and oxygen atoms in total. The van der Waals surface area contributed by atoms with Gasteiger partial charge in [0, 0.05) is 18.0 Å². The lowest BCUT2D eigenvalue weighted by molar-refractivity contribution is -0.383. The minimum absolute atomic E-state index is 0.0335. The number of nitriles is 1. The molecule has 0 bridgehead atoms. The van der Waals surface area contributed by atoms with Crippen LogP contribution in [0.3, 0.4) is 0 Å². The molecule has 0 spiro atoms. The standard InChI is InChI=1S/C13H11N5O3S/c14-7-9(8-16-13-15-5-6-22-13)12(19)17-10-3-1-2-4-11(10)18(20)21/h1-4,8H,5-6H2,(H,15,16)(H,17,19)/b9-8-. The van der Waals surface area contributed by atoms with Crippen molar-refractivity contribution in [3.63, 3.8) is 0 Å². The molecule has 1 aliphatic rings. The van der Waals surface area contributed by atoms with E-state index in [-0.39, 0.29) is 16.9 Å². The Morgan fingerprint density at radius 3 is 2.91 bits per heavy atom. The summed E-state index contributed by atoms with van der Waals surface area (Å²) in [6.07, 6.45) is 1.24. The SMILES string of the molecule is N#C/C(=C/NC1=NCCS1)C(=O)Nc1ccccc1[N+](=O)[O-]. The molecule has 2 rings (SSSR count). The molecule has 0 saturated carbocycles. The molecule has 0 radical (unpaired) electrons. The number of rotatable bonds is 4. The lowest BCUT2D eigenvalue weighted by atomic mass is 10.2. The zero-order valence-corrected chi connectivity index (χ0v) is 12.1. The van der Waals surface area contributed by atoms with Crippen LogP contribution in [0.2, 0.25) is 0 Å². The van der Waals surface area contributed by atoms with E-state index in [1.807, 2.05) is 0 Å². The number of amides is 1. The van der Waals surface area contributed by atoms with Crippen LogP contribution in [0, 0.1) is 21.4 Å². The number of nitrogens with one attached hydrogen (secondary N) is 2. The van der Waals surface area contributed by atoms with E-state index in [9.17, 15) is 14.9 Å². The second-order valence-corrected chi connectivity index (χ2v) is 5.16. The van der Waals surface area contributed by atoms with Crippen molar-refractivity contribution in [2.24, 2.45) is 4.99 Å². The highest BCUT2D eigenvalue weighted by Crippen LogP contribution is 2.23. The number of amidine groups is 1. The molecule has 0 unspecified atom stereocenters. The van der Waals surface area contributed by atoms with Crippen molar-refractivity contribution in [3.8, 4) is 6.07 Å². The van der Waals surface area contributed by atoms with Gasteiger partial charge in [0.25, 0.3) is 11.6 Å². The molecule has 112 valence electrons. The molecule has 1 aromatic carbocycles. The van der Waals surface area contributed by atoms with Gasteiger partial charge in [-0.2, -0.15) is 5.26 Å². The van der Waals surface area contributed by atoms with Crippen molar-refractivity contribution < 1.29 is 9.72 Å². The predicted molar refractivity (Wildman–Crippen MR) is 83.3 cm³/mol. The Hall–Kier alpha value is -2.86. The number of nitro groups is 1. The van der Waals surface area contributed by atoms with E-state index in [1.165, 1.54) is 36.2 Å². The lowest BCUT2D eigenvalue weighted by Crippen LogP contribution is -2.19. The van der Waals surface area contributed by atoms with E-state index < -0.39 is 10.8 Å². The molecule has 0 saturated heterocycles. The summed E-state index contributed by atoms with van der Waals surface area (Å²) in [6, 6.07) is 7.46. The lowest BCUT2D eigenvalue weighted by Gasteiger charge is -2.05. The monoisotopic (exact) mass is 317 g/mol. The molecule has 22 heavy (non-hydrogen) atoms. The second kappa shape index (κ2) is 7.24. The Kier molecular flexibility index (Phi) is 5.11. The van der Waals surface area contributed by atoms with Crippen molar-refractivity contribution in [2.75, 3.05) is 17.6 Å². The van der Waals surface area contributed by atoms with E-state index in [2.05, 4.69) is 15.6 Å². The normalized spacial score (nSPS) is 14.0. The first-order chi connectivity index (χ1) is 10.6. The molecule has 1 heterocycles. The van der Waals surface area contributed by atoms with Gasteiger partial charge in [-0.15, -0.1) is 0 Å². The summed E-state index contributed by atoms with van der Waals surface area (Å²) >= 11 is 1.48. The van der Waals surface area contributed by atoms with Gasteiger partial charge in [0.05, 0.1) is 11.5 Å². The number of carbonyl (C=O) groups is 1. The number of aliphatic imine (C=N–C) groups is 1. The molecule has 0 aromatic heterocycles. The number of carbonyl (C=O) groups excluding carboxylic acids is 1. The topological polar surface area (TPSA) is 120 Å². The number of anilines is 1. The Balaban J connectivity index is 2.11. The van der Waals surface area contributed by atoms with Crippen molar-refractivity contribution in [2.45, 2.75) is 0 Å². The highest BCUT2D eigenvalue weighted by Gasteiger charge is 2.17. The van der Waals surface area contributed by atoms with Crippen molar-refractivity contribution in [1.29, 1.82) is 5.26 Å². The number of thioether (sulfide) groups is 1. The van der Waals surface area contributed by atoms with Gasteiger partial charge in [-0.3, -0.25) is 19.9 Å². The molecule has 0 fully saturated rings. The summed E-state index contributed by atoms with van der Waals surface area (Å²) in [5.41, 5.74) is -0.406. The Morgan fingerprint density at radius 2 is 2.27 bits per heavy atom. The van der Waals surface area contributed by atoms with E-state index in [0.29, 0.717) is 11.7 Å². The van der Waals surface area contributed by atoms with Crippen LogP contribution in [-0.2, 0) is 4.79 Å². The van der Waals surface area contributed by atoms with Crippen LogP contribution in [0.1, 0.15) is 0 Å². The molecule has 1 aromatic rings. The summed E-state index contributed by atoms with van der Waals surface area (Å²) in [5, 5.41) is 25.7. The van der Waals surface area contributed by atoms with E-state index in [1.54, 1.807) is 12.1 Å². The largest absolute Gasteiger partial charge is 0.340 e. The smallest absolute Gasteiger partial charge is 0.292 e. The zero-order chi connectivity index (χ0) is 15.9. The van der Waals surface area contributed by atoms with Gasteiger partial charge in [0.1, 0.15) is 17.3 Å². The average molecular weight is 317 g/mol. The summed E-state index contributed by atoms with van der Waals surface area (Å²) in [6.45, 7) is 0.686. The summed E-state index contributed by atoms with van der Waals surface area (Å²) in [7, 11) is 0. The number of nitrogens with zero attached hydrogens (tertiary/aromatic N) is 3. The van der Waals surface area contributed by atoms with E-state index >= 15 is 0 Å². The fraction of sp³-hybridized carbons (Fsp3) is 0.154. The minimum Gasteiger partial charge on any atom is -0.340 e. The molecule has 2 N–H and O–H groups in total. The van der Waals surface area contributed by atoms with E-state index in [4.69, 9.17) is 5.26 Å². The molecule has 9 heteroatoms. The fourth-order valence-corrected chi connectivity index (χ4v) is 2.33. The maximum atomic E-state index is 12.0. The van der Waals surface area contributed by atoms with Crippen LogP contribution >= 0.6 is 11.8 Å². The van der Waals surface area contributed by atoms with Gasteiger partial charge in [0.15, 0.2) is 5.17 Å². The Morgan fingerprint density at radius 1 is 1.50 bits per heavy atom. The highest BCUT2D eigenvalue weighted by molar-refractivity contribution is 8.14. The van der Waals surface area contributed by atoms with Crippen LogP contribution in [0.4, 0.5) is 11.4 Å². The van der Waals surface area contributed by atoms with Crippen LogP contribution in [0.15, 0.2) is 41.0 Å². The van der Waals surface area contributed by atoms with Gasteiger partial charge in [-0.05, 0) is 6.07 Å². The van der Waals surface area contributed by atoms with E-state index in [0.717, 1.165) is 5.75 Å². The molecular formula is C13H11N5O3S. The number of para-hydroxylation sites is 2. The van der Waals surface area contributed by atoms with Crippen LogP contribution in [0.5, 0.6) is 0 Å². The number of nitro benzene ring substituents is 1. The number of hydrogen-bond acceptors (Lipinski definition) is 7. The first kappa shape index (κ1) is 15.5. The van der Waals surface area contributed by atoms with Crippen LogP contribution < -0.4 is 10.6 Å². The summed E-state index contributed by atoms with van der Waals surface area (Å²) in [4.78, 5) is 26.4. The van der Waals surface area contributed by atoms with Crippen molar-refractivity contribution in [1.82, 2.24) is 5.32 Å². The first-order valence-corrected chi connectivity index (χ1v) is 7.19. The first-order valence-electron chi connectivity index (χ1n) is 6.20. The summed E-state index contributed by atoms with van der Waals surface area (Å²) in [5.74, 6) is 0.119. The number of benzene rings is 1. The third-order valence-electron chi connectivity index (χ3n) is 2.64. The molecule has 0 atom stereocenters. The molecule has 1 aliphatic heterocycles. The number of hydrogen-bond donors (Lipinski definition) is 2. The highest BCUT2D eigenvalue weighted by atomic mass is 32.2. The van der Waals surface area contributed by atoms with Gasteiger partial charge < -0.3 is 10.6 Å². The third kappa shape index (κ3) is 3.83. The van der Waals surface area contributed by atoms with Crippen LogP contribution in [-0.4, -0.2) is 28.3 Å².